The van der Waals surface area contributed by atoms with Gasteiger partial charge in [0.25, 0.3) is 0 Å². The number of benzene rings is 2. The number of hydrogen-bond donors (Lipinski definition) is 2. The predicted octanol–water partition coefficient (Wildman–Crippen LogP) is 6.30. The van der Waals surface area contributed by atoms with Crippen molar-refractivity contribution in [3.05, 3.63) is 82.4 Å². The van der Waals surface area contributed by atoms with Gasteiger partial charge in [-0.25, -0.2) is 0 Å². The number of aliphatic hydroxyl groups excluding tert-OH is 1. The normalized spacial score (nSPS) is 28.6. The van der Waals surface area contributed by atoms with E-state index in [1.165, 1.54) is 5.57 Å². The molecular formula is C33H45NO3. The van der Waals surface area contributed by atoms with Crippen molar-refractivity contribution in [2.75, 3.05) is 20.1 Å². The summed E-state index contributed by atoms with van der Waals surface area (Å²) in [6, 6.07) is 15.7. The van der Waals surface area contributed by atoms with Crippen molar-refractivity contribution in [3.63, 3.8) is 0 Å². The summed E-state index contributed by atoms with van der Waals surface area (Å²) >= 11 is 0. The van der Waals surface area contributed by atoms with E-state index in [-0.39, 0.29) is 17.1 Å². The molecule has 2 aromatic rings. The Morgan fingerprint density at radius 2 is 1.86 bits per heavy atom. The predicted molar refractivity (Wildman–Crippen MR) is 151 cm³/mol. The zero-order valence-electron chi connectivity index (χ0n) is 23.2. The molecule has 0 unspecified atom stereocenters. The van der Waals surface area contributed by atoms with Crippen LogP contribution in [0.1, 0.15) is 98.7 Å². The maximum absolute atomic E-state index is 13.9. The van der Waals surface area contributed by atoms with Crippen molar-refractivity contribution in [1.29, 1.82) is 0 Å². The summed E-state index contributed by atoms with van der Waals surface area (Å²) in [6.45, 7) is 8.18. The minimum absolute atomic E-state index is 0.0238. The Morgan fingerprint density at radius 3 is 2.59 bits per heavy atom. The monoisotopic (exact) mass is 503 g/mol. The molecule has 1 fully saturated rings. The minimum Gasteiger partial charge on any atom is -0.393 e. The number of aliphatic hydroxyl groups is 2. The van der Waals surface area contributed by atoms with E-state index in [2.05, 4.69) is 50.9 Å². The third-order valence-electron chi connectivity index (χ3n) is 9.09. The molecule has 3 aliphatic rings. The molecule has 0 radical (unpaired) electrons. The van der Waals surface area contributed by atoms with E-state index in [0.717, 1.165) is 61.8 Å². The molecule has 3 aliphatic carbocycles. The van der Waals surface area contributed by atoms with Gasteiger partial charge in [0.15, 0.2) is 5.78 Å². The van der Waals surface area contributed by atoms with Crippen LogP contribution in [0.2, 0.25) is 0 Å². The molecule has 2 N–H and O–H groups in total. The highest BCUT2D eigenvalue weighted by molar-refractivity contribution is 6.10. The molecule has 4 nitrogen and oxygen atoms in total. The summed E-state index contributed by atoms with van der Waals surface area (Å²) in [6.07, 6.45) is 8.34. The molecule has 5 rings (SSSR count). The second-order valence-electron chi connectivity index (χ2n) is 11.9. The first-order valence-corrected chi connectivity index (χ1v) is 14.1. The maximum atomic E-state index is 13.9. The molecule has 4 heteroatoms. The molecule has 0 saturated heterocycles. The first-order chi connectivity index (χ1) is 17.7. The van der Waals surface area contributed by atoms with E-state index >= 15 is 0 Å². The fourth-order valence-corrected chi connectivity index (χ4v) is 6.85. The number of allylic oxidation sites excluding steroid dienone is 2. The van der Waals surface area contributed by atoms with Crippen LogP contribution in [-0.2, 0) is 6.42 Å². The zero-order chi connectivity index (χ0) is 26.6. The average Bonchev–Trinajstić information content (AvgIpc) is 3.12. The van der Waals surface area contributed by atoms with Crippen LogP contribution in [0.5, 0.6) is 0 Å². The van der Waals surface area contributed by atoms with E-state index in [4.69, 9.17) is 0 Å². The van der Waals surface area contributed by atoms with Gasteiger partial charge in [-0.15, -0.1) is 0 Å². The summed E-state index contributed by atoms with van der Waals surface area (Å²) in [5.74, 6) is 0.0986. The molecule has 0 spiro atoms. The molecule has 37 heavy (non-hydrogen) atoms. The quantitative estimate of drug-likeness (QED) is 0.359. The highest BCUT2D eigenvalue weighted by atomic mass is 16.3. The molecule has 2 bridgehead atoms. The molecule has 0 amide bonds. The number of carbonyl (C=O) groups excluding carboxylic acids is 1. The summed E-state index contributed by atoms with van der Waals surface area (Å²) in [5, 5.41) is 23.0. The largest absolute Gasteiger partial charge is 0.393 e. The molecule has 200 valence electrons. The van der Waals surface area contributed by atoms with Gasteiger partial charge in [0.2, 0.25) is 0 Å². The molecule has 0 heterocycles. The van der Waals surface area contributed by atoms with Crippen LogP contribution in [0.25, 0.3) is 0 Å². The lowest BCUT2D eigenvalue weighted by atomic mass is 9.64. The Morgan fingerprint density at radius 1 is 1.11 bits per heavy atom. The number of ketones is 1. The van der Waals surface area contributed by atoms with Crippen molar-refractivity contribution < 1.29 is 15.0 Å². The smallest absolute Gasteiger partial charge is 0.193 e. The summed E-state index contributed by atoms with van der Waals surface area (Å²) in [5.41, 5.74) is 3.54. The summed E-state index contributed by atoms with van der Waals surface area (Å²) < 4.78 is 0. The number of hydrogen-bond acceptors (Lipinski definition) is 4. The highest BCUT2D eigenvalue weighted by Crippen LogP contribution is 2.58. The first-order valence-electron chi connectivity index (χ1n) is 14.1. The fraction of sp³-hybridized carbons (Fsp3) is 0.545. The molecule has 2 aromatic carbocycles. The Kier molecular flexibility index (Phi) is 8.73. The van der Waals surface area contributed by atoms with E-state index in [1.807, 2.05) is 36.4 Å². The molecule has 0 aliphatic heterocycles. The van der Waals surface area contributed by atoms with Crippen LogP contribution < -0.4 is 0 Å². The van der Waals surface area contributed by atoms with Gasteiger partial charge in [0.05, 0.1) is 11.7 Å². The van der Waals surface area contributed by atoms with Gasteiger partial charge in [-0.1, -0.05) is 68.0 Å². The van der Waals surface area contributed by atoms with Gasteiger partial charge < -0.3 is 15.1 Å². The maximum Gasteiger partial charge on any atom is 0.193 e. The second-order valence-corrected chi connectivity index (χ2v) is 11.9. The van der Waals surface area contributed by atoms with Crippen LogP contribution in [0.4, 0.5) is 0 Å². The van der Waals surface area contributed by atoms with Crippen molar-refractivity contribution in [2.24, 2.45) is 5.41 Å². The van der Waals surface area contributed by atoms with Crippen LogP contribution in [0, 0.1) is 5.41 Å². The topological polar surface area (TPSA) is 60.8 Å². The third-order valence-corrected chi connectivity index (χ3v) is 9.09. The highest BCUT2D eigenvalue weighted by Gasteiger charge is 2.57. The Bertz CT molecular complexity index is 1110. The second kappa shape index (κ2) is 11.6. The number of carbonyl (C=O) groups is 1. The van der Waals surface area contributed by atoms with Crippen molar-refractivity contribution >= 4 is 5.78 Å². The number of fused-ring (bicyclic) bond motifs is 8. The third kappa shape index (κ3) is 5.92. The van der Waals surface area contributed by atoms with Crippen LogP contribution in [-0.4, -0.2) is 52.7 Å². The average molecular weight is 504 g/mol. The van der Waals surface area contributed by atoms with E-state index in [9.17, 15) is 15.0 Å². The fourth-order valence-electron chi connectivity index (χ4n) is 6.85. The standard InChI is InChI=1S/C33H45NO3/c1-5-20-34(4)23-33(37)19-17-30-28-16-14-25(22-29(28)31(36)26-11-7-6-8-12-26)21-27(35)15-13-24(2)10-9-18-32(30,33)3/h6-8,10-12,14,16,22,27,30,35,37H,5,9,13,15,17-21,23H2,1-4H3/t27-,30-,32-,33+/m0/s1. The van der Waals surface area contributed by atoms with Gasteiger partial charge in [0.1, 0.15) is 0 Å². The van der Waals surface area contributed by atoms with E-state index in [0.29, 0.717) is 24.9 Å². The molecule has 0 aromatic heterocycles. The van der Waals surface area contributed by atoms with Gasteiger partial charge in [-0.2, -0.15) is 0 Å². The Labute approximate surface area is 223 Å². The lowest BCUT2D eigenvalue weighted by Gasteiger charge is -2.45. The van der Waals surface area contributed by atoms with Gasteiger partial charge in [0, 0.05) is 23.1 Å². The van der Waals surface area contributed by atoms with Gasteiger partial charge >= 0.3 is 0 Å². The number of rotatable bonds is 6. The van der Waals surface area contributed by atoms with Crippen molar-refractivity contribution in [2.45, 2.75) is 89.8 Å². The number of likely N-dealkylation sites (N-methyl/N-ethyl adjacent to an activating group) is 1. The van der Waals surface area contributed by atoms with Crippen LogP contribution >= 0.6 is 0 Å². The van der Waals surface area contributed by atoms with Crippen molar-refractivity contribution in [3.8, 4) is 0 Å². The molecule has 4 atom stereocenters. The Balaban J connectivity index is 1.83. The number of nitrogens with zero attached hydrogens (tertiary/aromatic N) is 1. The Hall–Kier alpha value is -2.27. The summed E-state index contributed by atoms with van der Waals surface area (Å²) in [4.78, 5) is 16.2. The van der Waals surface area contributed by atoms with Crippen LogP contribution in [0.15, 0.2) is 60.2 Å². The molecular weight excluding hydrogens is 458 g/mol. The van der Waals surface area contributed by atoms with Gasteiger partial charge in [-0.3, -0.25) is 4.79 Å². The van der Waals surface area contributed by atoms with E-state index < -0.39 is 11.7 Å². The van der Waals surface area contributed by atoms with Crippen molar-refractivity contribution in [1.82, 2.24) is 4.90 Å². The SMILES string of the molecule is CCCN(C)C[C@]1(O)CC[C@H]2c3ccc(cc3C(=O)c3ccccc3)C[C@@H](O)CCC(C)=CCC[C@@]21C. The van der Waals surface area contributed by atoms with Gasteiger partial charge in [-0.05, 0) is 95.0 Å². The lowest BCUT2D eigenvalue weighted by Crippen LogP contribution is -2.51. The molecule has 1 saturated carbocycles. The van der Waals surface area contributed by atoms with Crippen LogP contribution in [0.3, 0.4) is 0 Å². The zero-order valence-corrected chi connectivity index (χ0v) is 23.2. The lowest BCUT2D eigenvalue weighted by molar-refractivity contribution is -0.0799. The first kappa shape index (κ1) is 27.8. The summed E-state index contributed by atoms with van der Waals surface area (Å²) in [7, 11) is 2.11. The van der Waals surface area contributed by atoms with E-state index in [1.54, 1.807) is 0 Å². The minimum atomic E-state index is -0.831.